The number of rotatable bonds is 5. The van der Waals surface area contributed by atoms with Crippen LogP contribution >= 0.6 is 47.8 Å². The Kier molecular flexibility index (Phi) is 6.93. The third-order valence-corrected chi connectivity index (χ3v) is 4.18. The van der Waals surface area contributed by atoms with Crippen LogP contribution in [0.4, 0.5) is 0 Å². The lowest BCUT2D eigenvalue weighted by molar-refractivity contribution is -0.117. The first-order valence-electron chi connectivity index (χ1n) is 5.84. The molecule has 0 fully saturated rings. The summed E-state index contributed by atoms with van der Waals surface area (Å²) in [6, 6.07) is 0. The topological polar surface area (TPSA) is 35.5 Å². The SMILES string of the molecule is C=C(COC(OC)C(Br)(Br)Br)[C@@H]1CC=C(C)C(=O)C1. The number of carbonyl (C=O) groups excluding carboxylic acids is 1. The van der Waals surface area contributed by atoms with Gasteiger partial charge >= 0.3 is 0 Å². The molecule has 6 heteroatoms. The lowest BCUT2D eigenvalue weighted by Crippen LogP contribution is -2.30. The quantitative estimate of drug-likeness (QED) is 0.348. The molecule has 0 bridgehead atoms. The van der Waals surface area contributed by atoms with E-state index in [0.29, 0.717) is 13.0 Å². The Labute approximate surface area is 139 Å². The molecule has 1 aliphatic carbocycles. The molecule has 1 rings (SSSR count). The molecule has 0 aromatic heterocycles. The molecule has 0 saturated carbocycles. The Hall–Kier alpha value is 0.510. The average Bonchev–Trinajstić information content (AvgIpc) is 2.31. The van der Waals surface area contributed by atoms with Crippen molar-refractivity contribution in [3.63, 3.8) is 0 Å². The van der Waals surface area contributed by atoms with Crippen molar-refractivity contribution in [2.24, 2.45) is 5.92 Å². The summed E-state index contributed by atoms with van der Waals surface area (Å²) >= 11 is 10.1. The summed E-state index contributed by atoms with van der Waals surface area (Å²) in [5.74, 6) is 0.348. The summed E-state index contributed by atoms with van der Waals surface area (Å²) in [6.45, 7) is 6.23. The van der Waals surface area contributed by atoms with Crippen molar-refractivity contribution in [2.75, 3.05) is 13.7 Å². The van der Waals surface area contributed by atoms with E-state index in [1.165, 1.54) is 0 Å². The number of carbonyl (C=O) groups is 1. The van der Waals surface area contributed by atoms with Crippen molar-refractivity contribution in [1.29, 1.82) is 0 Å². The highest BCUT2D eigenvalue weighted by molar-refractivity contribution is 9.39. The maximum absolute atomic E-state index is 11.7. The molecule has 0 aliphatic heterocycles. The van der Waals surface area contributed by atoms with E-state index in [4.69, 9.17) is 9.47 Å². The van der Waals surface area contributed by atoms with E-state index in [1.54, 1.807) is 7.11 Å². The van der Waals surface area contributed by atoms with Crippen molar-refractivity contribution >= 4 is 53.6 Å². The van der Waals surface area contributed by atoms with E-state index in [0.717, 1.165) is 17.6 Å². The number of Topliss-reactive ketones (excluding diaryl/α,β-unsaturated/α-hetero) is 1. The second-order valence-electron chi connectivity index (χ2n) is 4.53. The molecule has 0 spiro atoms. The van der Waals surface area contributed by atoms with E-state index in [9.17, 15) is 4.79 Å². The molecule has 0 heterocycles. The maximum Gasteiger partial charge on any atom is 0.192 e. The zero-order valence-corrected chi connectivity index (χ0v) is 15.7. The largest absolute Gasteiger partial charge is 0.353 e. The van der Waals surface area contributed by atoms with Crippen molar-refractivity contribution in [1.82, 2.24) is 0 Å². The molecular formula is C13H17Br3O3. The van der Waals surface area contributed by atoms with Gasteiger partial charge in [-0.2, -0.15) is 0 Å². The normalized spacial score (nSPS) is 22.1. The number of alkyl halides is 3. The molecule has 1 unspecified atom stereocenters. The molecule has 2 atom stereocenters. The molecule has 108 valence electrons. The molecule has 0 aromatic rings. The molecule has 0 amide bonds. The summed E-state index contributed by atoms with van der Waals surface area (Å²) in [6.07, 6.45) is 2.82. The zero-order chi connectivity index (χ0) is 14.6. The molecule has 0 N–H and O–H groups in total. The number of hydrogen-bond donors (Lipinski definition) is 0. The first-order chi connectivity index (χ1) is 8.75. The fourth-order valence-corrected chi connectivity index (χ4v) is 2.77. The van der Waals surface area contributed by atoms with Gasteiger partial charge in [-0.15, -0.1) is 0 Å². The van der Waals surface area contributed by atoms with Crippen LogP contribution in [0.5, 0.6) is 0 Å². The molecular weight excluding hydrogens is 444 g/mol. The standard InChI is InChI=1S/C13H17Br3O3/c1-8-4-5-10(6-11(8)17)9(2)7-19-12(18-3)13(14,15)16/h4,10,12H,2,5-7H2,1,3H3/t10-,12?/m1/s1. The first-order valence-corrected chi connectivity index (χ1v) is 8.22. The number of hydrogen-bond acceptors (Lipinski definition) is 3. The van der Waals surface area contributed by atoms with E-state index in [1.807, 2.05) is 13.0 Å². The number of ketones is 1. The third kappa shape index (κ3) is 5.42. The molecule has 3 nitrogen and oxygen atoms in total. The monoisotopic (exact) mass is 458 g/mol. The lowest BCUT2D eigenvalue weighted by Gasteiger charge is -2.27. The lowest BCUT2D eigenvalue weighted by atomic mass is 9.85. The van der Waals surface area contributed by atoms with Gasteiger partial charge in [-0.05, 0) is 30.4 Å². The van der Waals surface area contributed by atoms with Gasteiger partial charge in [0, 0.05) is 13.5 Å². The van der Waals surface area contributed by atoms with Crippen molar-refractivity contribution in [3.8, 4) is 0 Å². The molecule has 0 radical (unpaired) electrons. The minimum Gasteiger partial charge on any atom is -0.353 e. The Morgan fingerprint density at radius 2 is 2.21 bits per heavy atom. The van der Waals surface area contributed by atoms with Crippen LogP contribution in [0.25, 0.3) is 0 Å². The smallest absolute Gasteiger partial charge is 0.192 e. The van der Waals surface area contributed by atoms with Crippen LogP contribution in [-0.4, -0.2) is 27.9 Å². The van der Waals surface area contributed by atoms with Crippen LogP contribution in [-0.2, 0) is 14.3 Å². The summed E-state index contributed by atoms with van der Waals surface area (Å²) in [5, 5.41) is 0. The fourth-order valence-electron chi connectivity index (χ4n) is 1.81. The molecule has 0 aromatic carbocycles. The summed E-state index contributed by atoms with van der Waals surface area (Å²) < 4.78 is 10.2. The second-order valence-corrected chi connectivity index (χ2v) is 11.5. The van der Waals surface area contributed by atoms with E-state index in [-0.39, 0.29) is 11.7 Å². The maximum atomic E-state index is 11.7. The number of methoxy groups -OCH3 is 1. The van der Waals surface area contributed by atoms with Crippen LogP contribution in [0.1, 0.15) is 19.8 Å². The Bertz CT molecular complexity index is 385. The molecule has 1 aliphatic rings. The highest BCUT2D eigenvalue weighted by Gasteiger charge is 2.32. The van der Waals surface area contributed by atoms with Crippen LogP contribution in [0.3, 0.4) is 0 Å². The van der Waals surface area contributed by atoms with Gasteiger partial charge in [-0.25, -0.2) is 0 Å². The van der Waals surface area contributed by atoms with Gasteiger partial charge in [-0.1, -0.05) is 60.4 Å². The molecule has 0 saturated heterocycles. The van der Waals surface area contributed by atoms with Crippen LogP contribution in [0.15, 0.2) is 23.8 Å². The van der Waals surface area contributed by atoms with Crippen LogP contribution in [0.2, 0.25) is 0 Å². The van der Waals surface area contributed by atoms with E-state index >= 15 is 0 Å². The van der Waals surface area contributed by atoms with Gasteiger partial charge < -0.3 is 9.47 Å². The first kappa shape index (κ1) is 17.6. The zero-order valence-electron chi connectivity index (χ0n) is 10.9. The number of ether oxygens (including phenoxy) is 2. The van der Waals surface area contributed by atoms with Crippen molar-refractivity contribution in [3.05, 3.63) is 23.8 Å². The van der Waals surface area contributed by atoms with Gasteiger partial charge in [-0.3, -0.25) is 4.79 Å². The van der Waals surface area contributed by atoms with Gasteiger partial charge in [0.2, 0.25) is 0 Å². The third-order valence-electron chi connectivity index (χ3n) is 3.06. The predicted octanol–water partition coefficient (Wildman–Crippen LogP) is 4.30. The highest BCUT2D eigenvalue weighted by atomic mass is 80.0. The minimum atomic E-state index is -0.638. The Morgan fingerprint density at radius 1 is 1.58 bits per heavy atom. The average molecular weight is 461 g/mol. The fraction of sp³-hybridized carbons (Fsp3) is 0.615. The van der Waals surface area contributed by atoms with Gasteiger partial charge in [0.05, 0.1) is 6.61 Å². The number of halogens is 3. The Morgan fingerprint density at radius 3 is 2.68 bits per heavy atom. The Balaban J connectivity index is 2.50. The van der Waals surface area contributed by atoms with E-state index < -0.39 is 8.43 Å². The van der Waals surface area contributed by atoms with E-state index in [2.05, 4.69) is 54.4 Å². The predicted molar refractivity (Wildman–Crippen MR) is 86.9 cm³/mol. The van der Waals surface area contributed by atoms with Crippen molar-refractivity contribution < 1.29 is 14.3 Å². The van der Waals surface area contributed by atoms with Gasteiger partial charge in [0.1, 0.15) is 0 Å². The number of allylic oxidation sites excluding steroid dienone is 2. The highest BCUT2D eigenvalue weighted by Crippen LogP contribution is 2.39. The summed E-state index contributed by atoms with van der Waals surface area (Å²) in [5.41, 5.74) is 1.76. The van der Waals surface area contributed by atoms with Crippen molar-refractivity contribution in [2.45, 2.75) is 28.2 Å². The van der Waals surface area contributed by atoms with Gasteiger partial charge in [0.25, 0.3) is 0 Å². The molecule has 19 heavy (non-hydrogen) atoms. The van der Waals surface area contributed by atoms with Gasteiger partial charge in [0.15, 0.2) is 14.2 Å². The summed E-state index contributed by atoms with van der Waals surface area (Å²) in [4.78, 5) is 11.7. The summed E-state index contributed by atoms with van der Waals surface area (Å²) in [7, 11) is 1.56. The van der Waals surface area contributed by atoms with Crippen LogP contribution < -0.4 is 0 Å². The second kappa shape index (κ2) is 7.50. The minimum absolute atomic E-state index is 0.157. The van der Waals surface area contributed by atoms with Crippen LogP contribution in [0, 0.1) is 5.92 Å².